The molecule has 2 unspecified atom stereocenters. The van der Waals surface area contributed by atoms with Crippen LogP contribution in [0.25, 0.3) is 0 Å². The first-order chi connectivity index (χ1) is 9.91. The summed E-state index contributed by atoms with van der Waals surface area (Å²) < 4.78 is 0. The summed E-state index contributed by atoms with van der Waals surface area (Å²) in [4.78, 5) is 12.5. The fourth-order valence-corrected chi connectivity index (χ4v) is 2.99. The Balaban J connectivity index is 1.96. The van der Waals surface area contributed by atoms with E-state index in [0.717, 1.165) is 31.2 Å². The molecule has 0 saturated heterocycles. The summed E-state index contributed by atoms with van der Waals surface area (Å²) in [6, 6.07) is 7.38. The Labute approximate surface area is 131 Å². The van der Waals surface area contributed by atoms with Crippen LogP contribution in [0.4, 0.5) is 0 Å². The molecular weight excluding hydrogens is 286 g/mol. The molecule has 1 amide bonds. The zero-order valence-corrected chi connectivity index (χ0v) is 13.5. The fraction of sp³-hybridized carbons (Fsp3) is 0.588. The van der Waals surface area contributed by atoms with Gasteiger partial charge >= 0.3 is 0 Å². The number of aliphatic hydroxyl groups is 1. The molecule has 1 aliphatic carbocycles. The van der Waals surface area contributed by atoms with Gasteiger partial charge in [0.25, 0.3) is 0 Å². The number of aliphatic hydroxyl groups excluding tert-OH is 1. The second kappa shape index (κ2) is 6.80. The monoisotopic (exact) mass is 309 g/mol. The van der Waals surface area contributed by atoms with Gasteiger partial charge in [-0.25, -0.2) is 0 Å². The van der Waals surface area contributed by atoms with Gasteiger partial charge in [0, 0.05) is 17.5 Å². The minimum Gasteiger partial charge on any atom is -0.393 e. The molecule has 2 N–H and O–H groups in total. The molecule has 0 aromatic heterocycles. The SMILES string of the molecule is CC(C)(C(=O)NCC1CCCCC1O)c1ccc(Cl)cc1. The minimum atomic E-state index is -0.607. The van der Waals surface area contributed by atoms with Gasteiger partial charge in [0.2, 0.25) is 5.91 Å². The summed E-state index contributed by atoms with van der Waals surface area (Å²) in [6.45, 7) is 4.36. The standard InChI is InChI=1S/C17H24ClNO2/c1-17(2,13-7-9-14(18)10-8-13)16(21)19-11-12-5-3-4-6-15(12)20/h7-10,12,15,20H,3-6,11H2,1-2H3,(H,19,21). The number of rotatable bonds is 4. The molecule has 0 aliphatic heterocycles. The van der Waals surface area contributed by atoms with Crippen LogP contribution in [0.3, 0.4) is 0 Å². The van der Waals surface area contributed by atoms with Gasteiger partial charge in [-0.1, -0.05) is 36.6 Å². The normalized spacial score (nSPS) is 22.9. The topological polar surface area (TPSA) is 49.3 Å². The van der Waals surface area contributed by atoms with Crippen molar-refractivity contribution in [2.75, 3.05) is 6.54 Å². The highest BCUT2D eigenvalue weighted by Crippen LogP contribution is 2.26. The van der Waals surface area contributed by atoms with Crippen LogP contribution < -0.4 is 5.32 Å². The first kappa shape index (κ1) is 16.3. The number of carbonyl (C=O) groups excluding carboxylic acids is 1. The molecule has 0 radical (unpaired) electrons. The van der Waals surface area contributed by atoms with Crippen molar-refractivity contribution in [2.45, 2.75) is 51.0 Å². The number of amides is 1. The molecule has 1 aliphatic rings. The molecule has 1 aromatic rings. The number of halogens is 1. The summed E-state index contributed by atoms with van der Waals surface area (Å²) in [5, 5.41) is 13.6. The highest BCUT2D eigenvalue weighted by Gasteiger charge is 2.31. The van der Waals surface area contributed by atoms with Crippen LogP contribution in [0.1, 0.15) is 45.1 Å². The molecule has 1 saturated carbocycles. The van der Waals surface area contributed by atoms with E-state index in [1.54, 1.807) is 12.1 Å². The van der Waals surface area contributed by atoms with Crippen molar-refractivity contribution in [3.63, 3.8) is 0 Å². The van der Waals surface area contributed by atoms with Crippen LogP contribution in [0.15, 0.2) is 24.3 Å². The van der Waals surface area contributed by atoms with Crippen LogP contribution in [0.5, 0.6) is 0 Å². The van der Waals surface area contributed by atoms with E-state index in [2.05, 4.69) is 5.32 Å². The Morgan fingerprint density at radius 1 is 1.29 bits per heavy atom. The van der Waals surface area contributed by atoms with Gasteiger partial charge in [-0.2, -0.15) is 0 Å². The van der Waals surface area contributed by atoms with Gasteiger partial charge in [0.15, 0.2) is 0 Å². The number of carbonyl (C=O) groups is 1. The van der Waals surface area contributed by atoms with E-state index in [1.807, 2.05) is 26.0 Å². The molecule has 116 valence electrons. The lowest BCUT2D eigenvalue weighted by molar-refractivity contribution is -0.126. The molecule has 0 spiro atoms. The first-order valence-corrected chi connectivity index (χ1v) is 8.01. The maximum Gasteiger partial charge on any atom is 0.230 e. The summed E-state index contributed by atoms with van der Waals surface area (Å²) in [7, 11) is 0. The number of hydrogen-bond donors (Lipinski definition) is 2. The van der Waals surface area contributed by atoms with Crippen molar-refractivity contribution in [3.05, 3.63) is 34.9 Å². The Hall–Kier alpha value is -1.06. The van der Waals surface area contributed by atoms with Crippen molar-refractivity contribution in [3.8, 4) is 0 Å². The van der Waals surface area contributed by atoms with Gasteiger partial charge < -0.3 is 10.4 Å². The van der Waals surface area contributed by atoms with Gasteiger partial charge in [-0.15, -0.1) is 0 Å². The van der Waals surface area contributed by atoms with Crippen LogP contribution >= 0.6 is 11.6 Å². The molecule has 2 rings (SSSR count). The summed E-state index contributed by atoms with van der Waals surface area (Å²) >= 11 is 5.89. The minimum absolute atomic E-state index is 0.0115. The van der Waals surface area contributed by atoms with Gasteiger partial charge in [0.1, 0.15) is 0 Å². The third kappa shape index (κ3) is 3.98. The van der Waals surface area contributed by atoms with Crippen molar-refractivity contribution >= 4 is 17.5 Å². The zero-order valence-electron chi connectivity index (χ0n) is 12.7. The fourth-order valence-electron chi connectivity index (χ4n) is 2.87. The van der Waals surface area contributed by atoms with Gasteiger partial charge in [0.05, 0.1) is 11.5 Å². The molecule has 3 nitrogen and oxygen atoms in total. The average Bonchev–Trinajstić information content (AvgIpc) is 2.46. The van der Waals surface area contributed by atoms with E-state index in [0.29, 0.717) is 11.6 Å². The van der Waals surface area contributed by atoms with Crippen LogP contribution in [0.2, 0.25) is 5.02 Å². The van der Waals surface area contributed by atoms with E-state index in [4.69, 9.17) is 11.6 Å². The molecule has 1 aromatic carbocycles. The predicted molar refractivity (Wildman–Crippen MR) is 85.5 cm³/mol. The maximum atomic E-state index is 12.5. The Kier molecular flexibility index (Phi) is 5.28. The molecule has 1 fully saturated rings. The van der Waals surface area contributed by atoms with E-state index < -0.39 is 5.41 Å². The lowest BCUT2D eigenvalue weighted by atomic mass is 9.82. The lowest BCUT2D eigenvalue weighted by Gasteiger charge is -2.30. The lowest BCUT2D eigenvalue weighted by Crippen LogP contribution is -2.44. The third-order valence-electron chi connectivity index (χ3n) is 4.53. The summed E-state index contributed by atoms with van der Waals surface area (Å²) in [5.74, 6) is 0.173. The third-order valence-corrected chi connectivity index (χ3v) is 4.78. The van der Waals surface area contributed by atoms with Crippen molar-refractivity contribution in [1.82, 2.24) is 5.32 Å². The van der Waals surface area contributed by atoms with Crippen LogP contribution in [-0.2, 0) is 10.2 Å². The average molecular weight is 310 g/mol. The quantitative estimate of drug-likeness (QED) is 0.896. The maximum absolute atomic E-state index is 12.5. The van der Waals surface area contributed by atoms with Gasteiger partial charge in [-0.05, 0) is 44.4 Å². The van der Waals surface area contributed by atoms with Crippen LogP contribution in [-0.4, -0.2) is 23.7 Å². The van der Waals surface area contributed by atoms with Crippen molar-refractivity contribution in [2.24, 2.45) is 5.92 Å². The molecule has 2 atom stereocenters. The Bertz CT molecular complexity index is 484. The number of nitrogens with one attached hydrogen (secondary N) is 1. The first-order valence-electron chi connectivity index (χ1n) is 7.63. The Morgan fingerprint density at radius 3 is 2.52 bits per heavy atom. The molecule has 4 heteroatoms. The molecular formula is C17H24ClNO2. The summed E-state index contributed by atoms with van der Waals surface area (Å²) in [6.07, 6.45) is 3.78. The largest absolute Gasteiger partial charge is 0.393 e. The van der Waals surface area contributed by atoms with E-state index >= 15 is 0 Å². The highest BCUT2D eigenvalue weighted by molar-refractivity contribution is 6.30. The highest BCUT2D eigenvalue weighted by atomic mass is 35.5. The number of hydrogen-bond acceptors (Lipinski definition) is 2. The van der Waals surface area contributed by atoms with Gasteiger partial charge in [-0.3, -0.25) is 4.79 Å². The Morgan fingerprint density at radius 2 is 1.90 bits per heavy atom. The zero-order chi connectivity index (χ0) is 15.5. The number of benzene rings is 1. The van der Waals surface area contributed by atoms with E-state index in [-0.39, 0.29) is 17.9 Å². The van der Waals surface area contributed by atoms with Crippen LogP contribution in [0, 0.1) is 5.92 Å². The van der Waals surface area contributed by atoms with E-state index in [1.165, 1.54) is 0 Å². The van der Waals surface area contributed by atoms with E-state index in [9.17, 15) is 9.90 Å². The second-order valence-electron chi connectivity index (χ2n) is 6.45. The smallest absolute Gasteiger partial charge is 0.230 e. The second-order valence-corrected chi connectivity index (χ2v) is 6.89. The molecule has 21 heavy (non-hydrogen) atoms. The van der Waals surface area contributed by atoms with Crippen molar-refractivity contribution in [1.29, 1.82) is 0 Å². The molecule has 0 bridgehead atoms. The molecule has 0 heterocycles. The van der Waals surface area contributed by atoms with Crippen molar-refractivity contribution < 1.29 is 9.90 Å². The predicted octanol–water partition coefficient (Wildman–Crippen LogP) is 3.28. The summed E-state index contributed by atoms with van der Waals surface area (Å²) in [5.41, 5.74) is 0.332.